The van der Waals surface area contributed by atoms with Crippen LogP contribution in [0.25, 0.3) is 0 Å². The molecule has 31 heavy (non-hydrogen) atoms. The Balaban J connectivity index is 1.64. The number of rotatable bonds is 6. The van der Waals surface area contributed by atoms with E-state index in [1.165, 1.54) is 17.9 Å². The van der Waals surface area contributed by atoms with Gasteiger partial charge in [-0.05, 0) is 43.5 Å². The van der Waals surface area contributed by atoms with Crippen LogP contribution < -0.4 is 15.1 Å². The minimum absolute atomic E-state index is 0.110. The van der Waals surface area contributed by atoms with Gasteiger partial charge in [0.05, 0.1) is 31.1 Å². The minimum Gasteiger partial charge on any atom is -0.462 e. The van der Waals surface area contributed by atoms with Gasteiger partial charge in [0, 0.05) is 20.0 Å². The van der Waals surface area contributed by atoms with Crippen LogP contribution in [-0.4, -0.2) is 56.9 Å². The lowest BCUT2D eigenvalue weighted by Gasteiger charge is -2.31. The Hall–Kier alpha value is -2.81. The Bertz CT molecular complexity index is 897. The van der Waals surface area contributed by atoms with Crippen molar-refractivity contribution in [1.29, 1.82) is 0 Å². The molecule has 0 unspecified atom stereocenters. The molecule has 0 spiro atoms. The summed E-state index contributed by atoms with van der Waals surface area (Å²) in [6, 6.07) is 4.59. The molecule has 3 rings (SSSR count). The summed E-state index contributed by atoms with van der Waals surface area (Å²) >= 11 is 6.11. The van der Waals surface area contributed by atoms with Crippen LogP contribution in [0.1, 0.15) is 26.7 Å². The fourth-order valence-corrected chi connectivity index (χ4v) is 3.84. The van der Waals surface area contributed by atoms with Crippen LogP contribution in [-0.2, 0) is 19.1 Å². The maximum atomic E-state index is 14.9. The highest BCUT2D eigenvalue weighted by Crippen LogP contribution is 2.31. The van der Waals surface area contributed by atoms with Crippen molar-refractivity contribution in [3.8, 4) is 0 Å². The molecule has 0 saturated carbocycles. The number of ether oxygens (including phenoxy) is 2. The van der Waals surface area contributed by atoms with Crippen LogP contribution >= 0.6 is 11.6 Å². The largest absolute Gasteiger partial charge is 0.462 e. The highest BCUT2D eigenvalue weighted by molar-refractivity contribution is 6.41. The quantitative estimate of drug-likeness (QED) is 0.526. The number of piperidine rings is 1. The van der Waals surface area contributed by atoms with E-state index in [1.807, 2.05) is 4.90 Å². The number of carbonyl (C=O) groups excluding carboxylic acids is 3. The van der Waals surface area contributed by atoms with Crippen molar-refractivity contribution in [3.05, 3.63) is 34.6 Å². The average Bonchev–Trinajstić information content (AvgIpc) is 3.12. The van der Waals surface area contributed by atoms with E-state index in [2.05, 4.69) is 5.32 Å². The Labute approximate surface area is 184 Å². The summed E-state index contributed by atoms with van der Waals surface area (Å²) < 4.78 is 25.0. The molecule has 0 aliphatic carbocycles. The Morgan fingerprint density at radius 2 is 2.03 bits per heavy atom. The zero-order valence-corrected chi connectivity index (χ0v) is 18.2. The van der Waals surface area contributed by atoms with E-state index in [4.69, 9.17) is 21.1 Å². The number of hydrogen-bond acceptors (Lipinski definition) is 6. The van der Waals surface area contributed by atoms with Crippen LogP contribution in [0.4, 0.5) is 20.6 Å². The summed E-state index contributed by atoms with van der Waals surface area (Å²) in [7, 11) is 0. The molecule has 2 aliphatic heterocycles. The van der Waals surface area contributed by atoms with Crippen molar-refractivity contribution in [2.75, 3.05) is 42.6 Å². The number of hydrogen-bond donors (Lipinski definition) is 1. The molecule has 2 heterocycles. The van der Waals surface area contributed by atoms with E-state index >= 15 is 0 Å². The van der Waals surface area contributed by atoms with Crippen LogP contribution in [0.3, 0.4) is 0 Å². The van der Waals surface area contributed by atoms with Crippen LogP contribution in [0, 0.1) is 5.82 Å². The van der Waals surface area contributed by atoms with Gasteiger partial charge < -0.3 is 19.7 Å². The van der Waals surface area contributed by atoms with Crippen molar-refractivity contribution in [3.63, 3.8) is 0 Å². The Morgan fingerprint density at radius 1 is 1.32 bits per heavy atom. The Morgan fingerprint density at radius 3 is 2.65 bits per heavy atom. The van der Waals surface area contributed by atoms with Gasteiger partial charge in [-0.2, -0.15) is 0 Å². The summed E-state index contributed by atoms with van der Waals surface area (Å²) in [6.07, 6.45) is -0.0102. The predicted octanol–water partition coefficient (Wildman–Crippen LogP) is 2.94. The van der Waals surface area contributed by atoms with Crippen molar-refractivity contribution in [2.45, 2.75) is 32.8 Å². The second kappa shape index (κ2) is 10.00. The molecule has 1 N–H and O–H groups in total. The monoisotopic (exact) mass is 453 g/mol. The van der Waals surface area contributed by atoms with E-state index in [0.29, 0.717) is 37.3 Å². The van der Waals surface area contributed by atoms with Gasteiger partial charge in [-0.25, -0.2) is 14.0 Å². The molecule has 1 aromatic carbocycles. The summed E-state index contributed by atoms with van der Waals surface area (Å²) in [4.78, 5) is 38.2. The van der Waals surface area contributed by atoms with E-state index in [-0.39, 0.29) is 30.6 Å². The van der Waals surface area contributed by atoms with Gasteiger partial charge in [-0.15, -0.1) is 0 Å². The van der Waals surface area contributed by atoms with E-state index in [9.17, 15) is 18.8 Å². The van der Waals surface area contributed by atoms with E-state index in [0.717, 1.165) is 5.57 Å². The lowest BCUT2D eigenvalue weighted by atomic mass is 10.0. The van der Waals surface area contributed by atoms with Crippen molar-refractivity contribution >= 4 is 40.9 Å². The number of esters is 1. The molecule has 2 amide bonds. The number of cyclic esters (lactones) is 1. The first kappa shape index (κ1) is 22.9. The molecule has 10 heteroatoms. The highest BCUT2D eigenvalue weighted by atomic mass is 35.5. The Kier molecular flexibility index (Phi) is 7.37. The maximum Gasteiger partial charge on any atom is 0.414 e. The SMILES string of the molecule is CCOC(=O)C(Cl)=C1CCN(c2ccc(N3C[C@H](CNC(C)=O)OC3=O)cc2F)CC1. The predicted molar refractivity (Wildman–Crippen MR) is 114 cm³/mol. The number of halogens is 2. The van der Waals surface area contributed by atoms with Crippen molar-refractivity contribution in [2.24, 2.45) is 0 Å². The lowest BCUT2D eigenvalue weighted by molar-refractivity contribution is -0.137. The topological polar surface area (TPSA) is 88.2 Å². The molecule has 168 valence electrons. The first-order valence-corrected chi connectivity index (χ1v) is 10.5. The van der Waals surface area contributed by atoms with E-state index in [1.54, 1.807) is 19.1 Å². The molecule has 1 aromatic rings. The van der Waals surface area contributed by atoms with Crippen molar-refractivity contribution < 1.29 is 28.2 Å². The molecule has 0 radical (unpaired) electrons. The fraction of sp³-hybridized carbons (Fsp3) is 0.476. The molecule has 0 aromatic heterocycles. The molecular formula is C21H25ClFN3O5. The standard InChI is InChI=1S/C21H25ClFN3O5/c1-3-30-20(28)19(22)14-6-8-25(9-7-14)18-5-4-15(10-17(18)23)26-12-16(31-21(26)29)11-24-13(2)27/h4-5,10,16H,3,6-9,11-12H2,1-2H3,(H,24,27)/t16-/m0/s1. The van der Waals surface area contributed by atoms with Crippen LogP contribution in [0.15, 0.2) is 28.8 Å². The van der Waals surface area contributed by atoms with Crippen molar-refractivity contribution in [1.82, 2.24) is 5.32 Å². The lowest BCUT2D eigenvalue weighted by Crippen LogP contribution is -2.33. The summed E-state index contributed by atoms with van der Waals surface area (Å²) in [5.74, 6) is -1.20. The highest BCUT2D eigenvalue weighted by Gasteiger charge is 2.33. The summed E-state index contributed by atoms with van der Waals surface area (Å²) in [6.45, 7) is 4.79. The first-order chi connectivity index (χ1) is 14.8. The molecule has 2 saturated heterocycles. The maximum absolute atomic E-state index is 14.9. The third-order valence-corrected chi connectivity index (χ3v) is 5.59. The van der Waals surface area contributed by atoms with Crippen LogP contribution in [0.2, 0.25) is 0 Å². The normalized spacial score (nSPS) is 18.6. The number of anilines is 2. The molecular weight excluding hydrogens is 429 g/mol. The average molecular weight is 454 g/mol. The zero-order valence-electron chi connectivity index (χ0n) is 17.5. The second-order valence-corrected chi connectivity index (χ2v) is 7.69. The molecule has 1 atom stereocenters. The summed E-state index contributed by atoms with van der Waals surface area (Å²) in [5.41, 5.74) is 1.61. The number of benzene rings is 1. The van der Waals surface area contributed by atoms with Gasteiger partial charge in [0.25, 0.3) is 0 Å². The minimum atomic E-state index is -0.580. The first-order valence-electron chi connectivity index (χ1n) is 10.1. The van der Waals surface area contributed by atoms with E-state index < -0.39 is 24.0 Å². The molecule has 0 bridgehead atoms. The molecule has 2 fully saturated rings. The third kappa shape index (κ3) is 5.46. The van der Waals surface area contributed by atoms with Crippen LogP contribution in [0.5, 0.6) is 0 Å². The van der Waals surface area contributed by atoms with Gasteiger partial charge in [-0.3, -0.25) is 9.69 Å². The number of carbonyl (C=O) groups is 3. The summed E-state index contributed by atoms with van der Waals surface area (Å²) in [5, 5.41) is 2.71. The molecule has 8 nitrogen and oxygen atoms in total. The fourth-order valence-electron chi connectivity index (χ4n) is 3.59. The van der Waals surface area contributed by atoms with Gasteiger partial charge in [-0.1, -0.05) is 11.6 Å². The zero-order chi connectivity index (χ0) is 22.5. The third-order valence-electron chi connectivity index (χ3n) is 5.17. The second-order valence-electron chi connectivity index (χ2n) is 7.31. The molecule has 2 aliphatic rings. The van der Waals surface area contributed by atoms with Gasteiger partial charge >= 0.3 is 12.1 Å². The number of nitrogens with zero attached hydrogens (tertiary/aromatic N) is 2. The van der Waals surface area contributed by atoms with Gasteiger partial charge in [0.1, 0.15) is 17.0 Å². The number of nitrogens with one attached hydrogen (secondary N) is 1. The van der Waals surface area contributed by atoms with Gasteiger partial charge in [0.2, 0.25) is 5.91 Å². The van der Waals surface area contributed by atoms with Gasteiger partial charge in [0.15, 0.2) is 0 Å². The number of amides is 2. The smallest absolute Gasteiger partial charge is 0.414 e.